The molecule has 102 valence electrons. The molecule has 1 unspecified atom stereocenters. The van der Waals surface area contributed by atoms with Crippen LogP contribution in [0.2, 0.25) is 0 Å². The van der Waals surface area contributed by atoms with Gasteiger partial charge >= 0.3 is 5.97 Å². The third kappa shape index (κ3) is 3.05. The normalized spacial score (nSPS) is 18.4. The van der Waals surface area contributed by atoms with Crippen LogP contribution in [0.1, 0.15) is 31.9 Å². The molecule has 0 aliphatic carbocycles. The summed E-state index contributed by atoms with van der Waals surface area (Å²) in [7, 11) is 0. The van der Waals surface area contributed by atoms with Gasteiger partial charge in [-0.05, 0) is 31.5 Å². The Morgan fingerprint density at radius 3 is 2.53 bits per heavy atom. The van der Waals surface area contributed by atoms with Crippen molar-refractivity contribution in [2.75, 3.05) is 6.54 Å². The average Bonchev–Trinajstić information content (AvgIpc) is 2.34. The molecule has 1 saturated heterocycles. The van der Waals surface area contributed by atoms with Gasteiger partial charge in [-0.1, -0.05) is 12.1 Å². The van der Waals surface area contributed by atoms with Crippen molar-refractivity contribution in [2.24, 2.45) is 0 Å². The summed E-state index contributed by atoms with van der Waals surface area (Å²) in [4.78, 5) is 23.5. The number of likely N-dealkylation sites (tertiary alicyclic amines) is 1. The molecule has 1 heterocycles. The monoisotopic (exact) mass is 263 g/mol. The fourth-order valence-electron chi connectivity index (χ4n) is 2.14. The van der Waals surface area contributed by atoms with Gasteiger partial charge in [0.1, 0.15) is 12.3 Å². The Balaban J connectivity index is 2.06. The number of nitrogens with zero attached hydrogens (tertiary/aromatic N) is 1. The number of carboxylic acids is 1. The fraction of sp³-hybridized carbons (Fsp3) is 0.429. The van der Waals surface area contributed by atoms with Crippen LogP contribution in [0.4, 0.5) is 0 Å². The lowest BCUT2D eigenvalue weighted by molar-refractivity contribution is -0.155. The molecule has 19 heavy (non-hydrogen) atoms. The van der Waals surface area contributed by atoms with E-state index in [9.17, 15) is 9.59 Å². The van der Waals surface area contributed by atoms with E-state index in [0.717, 1.165) is 11.3 Å². The highest BCUT2D eigenvalue weighted by Crippen LogP contribution is 2.34. The average molecular weight is 263 g/mol. The summed E-state index contributed by atoms with van der Waals surface area (Å²) in [5.41, 5.74) is 0.942. The maximum absolute atomic E-state index is 11.4. The summed E-state index contributed by atoms with van der Waals surface area (Å²) < 4.78 is 5.54. The largest absolute Gasteiger partial charge is 0.491 e. The van der Waals surface area contributed by atoms with Crippen LogP contribution in [0.3, 0.4) is 0 Å². The smallest absolute Gasteiger partial charge is 0.323 e. The summed E-state index contributed by atoms with van der Waals surface area (Å²) in [5.74, 6) is -0.332. The zero-order valence-electron chi connectivity index (χ0n) is 11.0. The van der Waals surface area contributed by atoms with Crippen molar-refractivity contribution in [2.45, 2.75) is 32.4 Å². The van der Waals surface area contributed by atoms with Gasteiger partial charge in [0.2, 0.25) is 5.91 Å². The molecule has 1 aliphatic heterocycles. The quantitative estimate of drug-likeness (QED) is 0.823. The molecule has 1 aromatic rings. The molecule has 1 amide bonds. The standard InChI is InChI=1S/C14H17NO4/c1-9(2)19-11-5-3-10(4-6-11)12-7-13(16)15(12)8-14(17)18/h3-6,9,12H,7-8H2,1-2H3,(H,17,18). The molecule has 0 radical (unpaired) electrons. The number of amides is 1. The molecule has 1 aliphatic rings. The maximum atomic E-state index is 11.4. The van der Waals surface area contributed by atoms with Gasteiger partial charge in [-0.25, -0.2) is 0 Å². The number of hydrogen-bond acceptors (Lipinski definition) is 3. The molecular weight excluding hydrogens is 246 g/mol. The summed E-state index contributed by atoms with van der Waals surface area (Å²) in [6, 6.07) is 7.32. The van der Waals surface area contributed by atoms with Gasteiger partial charge in [0, 0.05) is 0 Å². The number of carboxylic acid groups (broad SMARTS) is 1. The number of hydrogen-bond donors (Lipinski definition) is 1. The van der Waals surface area contributed by atoms with Gasteiger partial charge in [0.15, 0.2) is 0 Å². The van der Waals surface area contributed by atoms with Crippen molar-refractivity contribution < 1.29 is 19.4 Å². The van der Waals surface area contributed by atoms with Gasteiger partial charge in [-0.15, -0.1) is 0 Å². The summed E-state index contributed by atoms with van der Waals surface area (Å²) >= 11 is 0. The molecule has 0 bridgehead atoms. The van der Waals surface area contributed by atoms with Crippen molar-refractivity contribution >= 4 is 11.9 Å². The zero-order valence-corrected chi connectivity index (χ0v) is 11.0. The lowest BCUT2D eigenvalue weighted by Crippen LogP contribution is -2.48. The first-order valence-electron chi connectivity index (χ1n) is 6.25. The van der Waals surface area contributed by atoms with E-state index in [4.69, 9.17) is 9.84 Å². The van der Waals surface area contributed by atoms with Gasteiger partial charge in [-0.2, -0.15) is 0 Å². The van der Waals surface area contributed by atoms with E-state index in [0.29, 0.717) is 6.42 Å². The molecule has 2 rings (SSSR count). The van der Waals surface area contributed by atoms with Crippen LogP contribution in [0.25, 0.3) is 0 Å². The lowest BCUT2D eigenvalue weighted by atomic mass is 9.94. The number of carbonyl (C=O) groups excluding carboxylic acids is 1. The highest BCUT2D eigenvalue weighted by Gasteiger charge is 2.38. The molecule has 0 spiro atoms. The Morgan fingerprint density at radius 2 is 2.05 bits per heavy atom. The summed E-state index contributed by atoms with van der Waals surface area (Å²) in [5, 5.41) is 8.76. The van der Waals surface area contributed by atoms with Crippen LogP contribution < -0.4 is 4.74 Å². The number of aliphatic carboxylic acids is 1. The van der Waals surface area contributed by atoms with E-state index in [1.165, 1.54) is 4.90 Å². The maximum Gasteiger partial charge on any atom is 0.323 e. The third-order valence-electron chi connectivity index (χ3n) is 3.01. The lowest BCUT2D eigenvalue weighted by Gasteiger charge is -2.39. The molecule has 1 N–H and O–H groups in total. The van der Waals surface area contributed by atoms with Crippen LogP contribution >= 0.6 is 0 Å². The first-order valence-corrected chi connectivity index (χ1v) is 6.25. The van der Waals surface area contributed by atoms with Crippen LogP contribution in [0.15, 0.2) is 24.3 Å². The first-order chi connectivity index (χ1) is 8.97. The second-order valence-electron chi connectivity index (χ2n) is 4.87. The third-order valence-corrected chi connectivity index (χ3v) is 3.01. The molecular formula is C14H17NO4. The van der Waals surface area contributed by atoms with Crippen molar-refractivity contribution in [3.63, 3.8) is 0 Å². The molecule has 0 saturated carbocycles. The Morgan fingerprint density at radius 1 is 1.42 bits per heavy atom. The van der Waals surface area contributed by atoms with E-state index in [-0.39, 0.29) is 24.6 Å². The second-order valence-corrected chi connectivity index (χ2v) is 4.87. The van der Waals surface area contributed by atoms with Crippen molar-refractivity contribution in [3.8, 4) is 5.75 Å². The minimum absolute atomic E-state index is 0.111. The Hall–Kier alpha value is -2.04. The minimum Gasteiger partial charge on any atom is -0.491 e. The van der Waals surface area contributed by atoms with Gasteiger partial charge in [0.25, 0.3) is 0 Å². The molecule has 1 atom stereocenters. The number of ether oxygens (including phenoxy) is 1. The molecule has 0 aromatic heterocycles. The molecule has 5 heteroatoms. The van der Waals surface area contributed by atoms with Gasteiger partial charge < -0.3 is 14.7 Å². The predicted molar refractivity (Wildman–Crippen MR) is 68.9 cm³/mol. The Kier molecular flexibility index (Phi) is 3.74. The second kappa shape index (κ2) is 5.30. The first kappa shape index (κ1) is 13.4. The van der Waals surface area contributed by atoms with Crippen LogP contribution in [0.5, 0.6) is 5.75 Å². The Bertz CT molecular complexity index is 481. The van der Waals surface area contributed by atoms with Crippen molar-refractivity contribution in [1.29, 1.82) is 0 Å². The number of carbonyl (C=O) groups is 2. The predicted octanol–water partition coefficient (Wildman–Crippen LogP) is 1.83. The van der Waals surface area contributed by atoms with Crippen molar-refractivity contribution in [3.05, 3.63) is 29.8 Å². The molecule has 1 aromatic carbocycles. The Labute approximate surface area is 111 Å². The summed E-state index contributed by atoms with van der Waals surface area (Å²) in [6.45, 7) is 3.66. The summed E-state index contributed by atoms with van der Waals surface area (Å²) in [6.07, 6.45) is 0.483. The fourth-order valence-corrected chi connectivity index (χ4v) is 2.14. The number of β-lactam (4-membered cyclic amide) rings is 1. The van der Waals surface area contributed by atoms with Gasteiger partial charge in [-0.3, -0.25) is 9.59 Å². The van der Waals surface area contributed by atoms with Crippen LogP contribution in [0, 0.1) is 0 Å². The van der Waals surface area contributed by atoms with Gasteiger partial charge in [0.05, 0.1) is 18.6 Å². The number of benzene rings is 1. The van der Waals surface area contributed by atoms with E-state index in [2.05, 4.69) is 0 Å². The van der Waals surface area contributed by atoms with Crippen molar-refractivity contribution in [1.82, 2.24) is 4.90 Å². The number of rotatable bonds is 5. The van der Waals surface area contributed by atoms with E-state index in [1.807, 2.05) is 38.1 Å². The highest BCUT2D eigenvalue weighted by atomic mass is 16.5. The topological polar surface area (TPSA) is 66.8 Å². The minimum atomic E-state index is -0.988. The molecule has 5 nitrogen and oxygen atoms in total. The zero-order chi connectivity index (χ0) is 14.0. The van der Waals surface area contributed by atoms with Crippen LogP contribution in [-0.4, -0.2) is 34.5 Å². The van der Waals surface area contributed by atoms with E-state index >= 15 is 0 Å². The molecule has 1 fully saturated rings. The van der Waals surface area contributed by atoms with Crippen LogP contribution in [-0.2, 0) is 9.59 Å². The van der Waals surface area contributed by atoms with E-state index in [1.54, 1.807) is 0 Å². The highest BCUT2D eigenvalue weighted by molar-refractivity contribution is 5.87. The SMILES string of the molecule is CC(C)Oc1ccc(C2CC(=O)N2CC(=O)O)cc1. The van der Waals surface area contributed by atoms with E-state index < -0.39 is 5.97 Å².